The Balaban J connectivity index is 1.95. The number of ether oxygens (including phenoxy) is 1. The minimum atomic E-state index is -0.518. The van der Waals surface area contributed by atoms with Crippen LogP contribution in [0.5, 0.6) is 5.75 Å². The Labute approximate surface area is 115 Å². The summed E-state index contributed by atoms with van der Waals surface area (Å²) in [5.41, 5.74) is 1.11. The number of anilines is 1. The average molecular weight is 275 g/mol. The number of rotatable bonds is 5. The Morgan fingerprint density at radius 2 is 1.85 bits per heavy atom. The first kappa shape index (κ1) is 14.0. The molecule has 0 heterocycles. The number of hydrogen-bond acceptors (Lipinski definition) is 3. The lowest BCUT2D eigenvalue weighted by Crippen LogP contribution is -2.21. The fourth-order valence-electron chi connectivity index (χ4n) is 1.67. The first-order valence-corrected chi connectivity index (χ1v) is 6.06. The van der Waals surface area contributed by atoms with Gasteiger partial charge in [-0.15, -0.1) is 0 Å². The number of carbonyl (C=O) groups is 1. The molecule has 1 amide bonds. The fourth-order valence-corrected chi connectivity index (χ4v) is 1.67. The highest BCUT2D eigenvalue weighted by Crippen LogP contribution is 2.16. The summed E-state index contributed by atoms with van der Waals surface area (Å²) >= 11 is 0. The Morgan fingerprint density at radius 3 is 2.60 bits per heavy atom. The van der Waals surface area contributed by atoms with E-state index in [2.05, 4.69) is 5.32 Å². The highest BCUT2D eigenvalue weighted by Gasteiger charge is 2.08. The zero-order chi connectivity index (χ0) is 14.4. The van der Waals surface area contributed by atoms with Crippen molar-refractivity contribution in [1.29, 1.82) is 0 Å². The van der Waals surface area contributed by atoms with E-state index in [1.165, 1.54) is 12.1 Å². The molecule has 0 aliphatic heterocycles. The van der Waals surface area contributed by atoms with E-state index in [9.17, 15) is 9.18 Å². The number of aliphatic hydroxyl groups is 1. The van der Waals surface area contributed by atoms with Crippen molar-refractivity contribution in [3.8, 4) is 5.75 Å². The van der Waals surface area contributed by atoms with Crippen molar-refractivity contribution in [3.63, 3.8) is 0 Å². The standard InChI is InChI=1S/C15H14FNO3/c16-12-6-2-4-8-14(12)20-10-15(19)17-13-7-3-1-5-11(13)9-18/h1-8,18H,9-10H2,(H,17,19). The van der Waals surface area contributed by atoms with Crippen molar-refractivity contribution in [2.24, 2.45) is 0 Å². The zero-order valence-electron chi connectivity index (χ0n) is 10.7. The van der Waals surface area contributed by atoms with Gasteiger partial charge in [-0.3, -0.25) is 4.79 Å². The van der Waals surface area contributed by atoms with E-state index in [0.29, 0.717) is 11.3 Å². The van der Waals surface area contributed by atoms with Crippen LogP contribution in [-0.2, 0) is 11.4 Å². The minimum Gasteiger partial charge on any atom is -0.481 e. The smallest absolute Gasteiger partial charge is 0.262 e. The molecule has 0 unspecified atom stereocenters. The molecule has 0 radical (unpaired) electrons. The number of nitrogens with one attached hydrogen (secondary N) is 1. The molecule has 0 saturated carbocycles. The first-order chi connectivity index (χ1) is 9.70. The Morgan fingerprint density at radius 1 is 1.15 bits per heavy atom. The molecule has 0 saturated heterocycles. The van der Waals surface area contributed by atoms with Crippen LogP contribution >= 0.6 is 0 Å². The van der Waals surface area contributed by atoms with Crippen molar-refractivity contribution in [1.82, 2.24) is 0 Å². The molecule has 2 N–H and O–H groups in total. The number of benzene rings is 2. The number of amides is 1. The molecule has 0 atom stereocenters. The molecule has 0 aromatic heterocycles. The molecular weight excluding hydrogens is 261 g/mol. The van der Waals surface area contributed by atoms with Crippen LogP contribution in [0.4, 0.5) is 10.1 Å². The Bertz CT molecular complexity index is 601. The van der Waals surface area contributed by atoms with Crippen molar-refractivity contribution < 1.29 is 19.0 Å². The Hall–Kier alpha value is -2.40. The van der Waals surface area contributed by atoms with E-state index in [4.69, 9.17) is 9.84 Å². The molecule has 20 heavy (non-hydrogen) atoms. The maximum atomic E-state index is 13.3. The van der Waals surface area contributed by atoms with Gasteiger partial charge in [-0.1, -0.05) is 30.3 Å². The largest absolute Gasteiger partial charge is 0.481 e. The van der Waals surface area contributed by atoms with Crippen LogP contribution in [0.2, 0.25) is 0 Å². The van der Waals surface area contributed by atoms with Crippen molar-refractivity contribution >= 4 is 11.6 Å². The monoisotopic (exact) mass is 275 g/mol. The number of halogens is 1. The van der Waals surface area contributed by atoms with Gasteiger partial charge in [0.2, 0.25) is 0 Å². The third-order valence-electron chi connectivity index (χ3n) is 2.66. The quantitative estimate of drug-likeness (QED) is 0.880. The highest BCUT2D eigenvalue weighted by molar-refractivity contribution is 5.92. The lowest BCUT2D eigenvalue weighted by Gasteiger charge is -2.10. The number of hydrogen-bond donors (Lipinski definition) is 2. The van der Waals surface area contributed by atoms with Gasteiger partial charge in [0.25, 0.3) is 5.91 Å². The second kappa shape index (κ2) is 6.68. The summed E-state index contributed by atoms with van der Waals surface area (Å²) < 4.78 is 18.4. The van der Waals surface area contributed by atoms with Gasteiger partial charge in [0.1, 0.15) is 0 Å². The SMILES string of the molecule is O=C(COc1ccccc1F)Nc1ccccc1CO. The second-order valence-electron chi connectivity index (χ2n) is 4.08. The van der Waals surface area contributed by atoms with Crippen molar-refractivity contribution in [2.45, 2.75) is 6.61 Å². The van der Waals surface area contributed by atoms with Crippen molar-refractivity contribution in [3.05, 3.63) is 59.9 Å². The van der Waals surface area contributed by atoms with Gasteiger partial charge in [-0.25, -0.2) is 4.39 Å². The third kappa shape index (κ3) is 3.55. The second-order valence-corrected chi connectivity index (χ2v) is 4.08. The van der Waals surface area contributed by atoms with Crippen LogP contribution in [0.15, 0.2) is 48.5 Å². The van der Waals surface area contributed by atoms with Gasteiger partial charge < -0.3 is 15.2 Å². The maximum absolute atomic E-state index is 13.3. The summed E-state index contributed by atoms with van der Waals surface area (Å²) in [6.07, 6.45) is 0. The molecule has 2 rings (SSSR count). The van der Waals surface area contributed by atoms with Gasteiger partial charge in [-0.05, 0) is 18.2 Å². The maximum Gasteiger partial charge on any atom is 0.262 e. The number of carbonyl (C=O) groups excluding carboxylic acids is 1. The molecule has 0 spiro atoms. The van der Waals surface area contributed by atoms with Gasteiger partial charge in [0.15, 0.2) is 18.2 Å². The molecule has 0 aliphatic rings. The van der Waals surface area contributed by atoms with Crippen LogP contribution in [0.25, 0.3) is 0 Å². The molecule has 0 aliphatic carbocycles. The molecule has 5 heteroatoms. The van der Waals surface area contributed by atoms with Crippen molar-refractivity contribution in [2.75, 3.05) is 11.9 Å². The van der Waals surface area contributed by atoms with E-state index in [1.54, 1.807) is 36.4 Å². The van der Waals surface area contributed by atoms with Gasteiger partial charge in [-0.2, -0.15) is 0 Å². The first-order valence-electron chi connectivity index (χ1n) is 6.06. The summed E-state index contributed by atoms with van der Waals surface area (Å²) in [6, 6.07) is 12.7. The van der Waals surface area contributed by atoms with E-state index >= 15 is 0 Å². The lowest BCUT2D eigenvalue weighted by atomic mass is 10.2. The van der Waals surface area contributed by atoms with Gasteiger partial charge in [0.05, 0.1) is 6.61 Å². The number of para-hydroxylation sites is 2. The lowest BCUT2D eigenvalue weighted by molar-refractivity contribution is -0.118. The van der Waals surface area contributed by atoms with E-state index in [0.717, 1.165) is 0 Å². The highest BCUT2D eigenvalue weighted by atomic mass is 19.1. The summed E-state index contributed by atoms with van der Waals surface area (Å²) in [7, 11) is 0. The summed E-state index contributed by atoms with van der Waals surface area (Å²) in [5, 5.41) is 11.7. The molecule has 2 aromatic carbocycles. The summed E-state index contributed by atoms with van der Waals surface area (Å²) in [6.45, 7) is -0.481. The van der Waals surface area contributed by atoms with Gasteiger partial charge in [0, 0.05) is 11.3 Å². The van der Waals surface area contributed by atoms with E-state index in [-0.39, 0.29) is 19.0 Å². The molecule has 2 aromatic rings. The van der Waals surface area contributed by atoms with Crippen LogP contribution in [-0.4, -0.2) is 17.6 Å². The fraction of sp³-hybridized carbons (Fsp3) is 0.133. The van der Waals surface area contributed by atoms with Crippen LogP contribution in [0, 0.1) is 5.82 Å². The van der Waals surface area contributed by atoms with Gasteiger partial charge >= 0.3 is 0 Å². The van der Waals surface area contributed by atoms with E-state index in [1.807, 2.05) is 0 Å². The Kier molecular flexibility index (Phi) is 4.68. The van der Waals surface area contributed by atoms with Crippen LogP contribution in [0.1, 0.15) is 5.56 Å². The molecular formula is C15H14FNO3. The van der Waals surface area contributed by atoms with Crippen LogP contribution in [0.3, 0.4) is 0 Å². The van der Waals surface area contributed by atoms with E-state index < -0.39 is 11.7 Å². The predicted octanol–water partition coefficient (Wildman–Crippen LogP) is 2.34. The molecule has 4 nitrogen and oxygen atoms in total. The molecule has 0 fully saturated rings. The topological polar surface area (TPSA) is 58.6 Å². The third-order valence-corrected chi connectivity index (χ3v) is 2.66. The molecule has 104 valence electrons. The normalized spacial score (nSPS) is 10.1. The van der Waals surface area contributed by atoms with Crippen LogP contribution < -0.4 is 10.1 Å². The average Bonchev–Trinajstić information content (AvgIpc) is 2.47. The molecule has 0 bridgehead atoms. The zero-order valence-corrected chi connectivity index (χ0v) is 10.7. The summed E-state index contributed by atoms with van der Waals surface area (Å²) in [4.78, 5) is 11.7. The summed E-state index contributed by atoms with van der Waals surface area (Å²) in [5.74, 6) is -0.914. The number of aliphatic hydroxyl groups excluding tert-OH is 1. The predicted molar refractivity (Wildman–Crippen MR) is 72.9 cm³/mol. The minimum absolute atomic E-state index is 0.0260.